The molecule has 0 radical (unpaired) electrons. The Morgan fingerprint density at radius 2 is 2.26 bits per heavy atom. The molecule has 1 N–H and O–H groups in total. The van der Waals surface area contributed by atoms with Crippen LogP contribution in [0.25, 0.3) is 4.96 Å². The van der Waals surface area contributed by atoms with E-state index in [-0.39, 0.29) is 11.9 Å². The lowest BCUT2D eigenvalue weighted by atomic mass is 10.0. The first-order valence-electron chi connectivity index (χ1n) is 7.88. The lowest BCUT2D eigenvalue weighted by Crippen LogP contribution is -2.28. The van der Waals surface area contributed by atoms with Crippen molar-refractivity contribution < 1.29 is 4.79 Å². The van der Waals surface area contributed by atoms with E-state index in [9.17, 15) is 4.79 Å². The van der Waals surface area contributed by atoms with Crippen molar-refractivity contribution in [2.45, 2.75) is 45.1 Å². The van der Waals surface area contributed by atoms with Crippen molar-refractivity contribution >= 4 is 33.5 Å². The molecule has 0 saturated carbocycles. The Balaban J connectivity index is 1.41. The molecule has 3 aromatic rings. The van der Waals surface area contributed by atoms with Gasteiger partial charge in [-0.3, -0.25) is 9.20 Å². The van der Waals surface area contributed by atoms with E-state index in [4.69, 9.17) is 4.98 Å². The third kappa shape index (κ3) is 3.03. The molecule has 0 saturated heterocycles. The minimum Gasteiger partial charge on any atom is -0.347 e. The zero-order chi connectivity index (χ0) is 15.8. The van der Waals surface area contributed by atoms with Crippen LogP contribution in [0.1, 0.15) is 47.1 Å². The van der Waals surface area contributed by atoms with Crippen LogP contribution in [0.2, 0.25) is 0 Å². The average Bonchev–Trinajstić information content (AvgIpc) is 3.19. The Bertz CT molecular complexity index is 795. The highest BCUT2D eigenvalue weighted by Crippen LogP contribution is 2.29. The molecule has 23 heavy (non-hydrogen) atoms. The van der Waals surface area contributed by atoms with Gasteiger partial charge >= 0.3 is 0 Å². The molecule has 0 fully saturated rings. The Labute approximate surface area is 142 Å². The van der Waals surface area contributed by atoms with E-state index in [0.29, 0.717) is 6.42 Å². The van der Waals surface area contributed by atoms with Crippen LogP contribution in [0.15, 0.2) is 17.8 Å². The molecule has 0 aliphatic heterocycles. The van der Waals surface area contributed by atoms with Crippen molar-refractivity contribution in [3.05, 3.63) is 39.0 Å². The quantitative estimate of drug-likeness (QED) is 0.789. The van der Waals surface area contributed by atoms with Gasteiger partial charge in [0, 0.05) is 22.7 Å². The van der Waals surface area contributed by atoms with Crippen molar-refractivity contribution in [3.8, 4) is 0 Å². The molecule has 7 heteroatoms. The second-order valence-corrected chi connectivity index (χ2v) is 7.91. The smallest absolute Gasteiger partial charge is 0.226 e. The van der Waals surface area contributed by atoms with E-state index in [2.05, 4.69) is 10.3 Å². The number of imidazole rings is 1. The largest absolute Gasteiger partial charge is 0.347 e. The zero-order valence-corrected chi connectivity index (χ0v) is 14.5. The van der Waals surface area contributed by atoms with Gasteiger partial charge in [0.15, 0.2) is 4.96 Å². The molecule has 1 aliphatic rings. The number of nitrogens with one attached hydrogen (secondary N) is 1. The minimum absolute atomic E-state index is 0.00331. The van der Waals surface area contributed by atoms with E-state index >= 15 is 0 Å². The summed E-state index contributed by atoms with van der Waals surface area (Å²) < 4.78 is 1.95. The SMILES string of the molecule is CC(NC(=O)Cc1cn2ccsc2n1)c1nc2c(s1)CCCC2. The molecular formula is C16H18N4OS2. The number of aromatic nitrogens is 3. The van der Waals surface area contributed by atoms with Crippen molar-refractivity contribution in [3.63, 3.8) is 0 Å². The lowest BCUT2D eigenvalue weighted by Gasteiger charge is -2.10. The molecule has 5 nitrogen and oxygen atoms in total. The second-order valence-electron chi connectivity index (χ2n) is 5.92. The van der Waals surface area contributed by atoms with Gasteiger partial charge in [-0.25, -0.2) is 9.97 Å². The Morgan fingerprint density at radius 1 is 1.39 bits per heavy atom. The van der Waals surface area contributed by atoms with Gasteiger partial charge in [-0.2, -0.15) is 0 Å². The van der Waals surface area contributed by atoms with Gasteiger partial charge in [0.2, 0.25) is 5.91 Å². The van der Waals surface area contributed by atoms with Crippen LogP contribution in [0, 0.1) is 0 Å². The highest BCUT2D eigenvalue weighted by Gasteiger charge is 2.20. The van der Waals surface area contributed by atoms with E-state index in [1.54, 1.807) is 22.7 Å². The highest BCUT2D eigenvalue weighted by molar-refractivity contribution is 7.15. The van der Waals surface area contributed by atoms with Gasteiger partial charge in [-0.05, 0) is 32.6 Å². The lowest BCUT2D eigenvalue weighted by molar-refractivity contribution is -0.121. The highest BCUT2D eigenvalue weighted by atomic mass is 32.1. The molecule has 3 aromatic heterocycles. The van der Waals surface area contributed by atoms with E-state index in [1.807, 2.05) is 29.1 Å². The van der Waals surface area contributed by atoms with Crippen molar-refractivity contribution in [2.75, 3.05) is 0 Å². The zero-order valence-electron chi connectivity index (χ0n) is 12.9. The van der Waals surface area contributed by atoms with Crippen molar-refractivity contribution in [1.29, 1.82) is 0 Å². The second kappa shape index (κ2) is 6.05. The number of hydrogen-bond acceptors (Lipinski definition) is 5. The van der Waals surface area contributed by atoms with Gasteiger partial charge in [-0.1, -0.05) is 0 Å². The van der Waals surface area contributed by atoms with Crippen LogP contribution in [0.3, 0.4) is 0 Å². The molecule has 1 atom stereocenters. The molecule has 0 bridgehead atoms. The molecule has 120 valence electrons. The monoisotopic (exact) mass is 346 g/mol. The summed E-state index contributed by atoms with van der Waals surface area (Å²) in [5.41, 5.74) is 2.05. The predicted molar refractivity (Wildman–Crippen MR) is 92.1 cm³/mol. The summed E-state index contributed by atoms with van der Waals surface area (Å²) in [5, 5.41) is 6.06. The van der Waals surface area contributed by atoms with Gasteiger partial charge < -0.3 is 5.32 Å². The number of aryl methyl sites for hydroxylation is 2. The third-order valence-corrected chi connectivity index (χ3v) is 6.21. The molecule has 1 amide bonds. The van der Waals surface area contributed by atoms with Gasteiger partial charge in [0.25, 0.3) is 0 Å². The molecule has 0 spiro atoms. The number of carbonyl (C=O) groups is 1. The minimum atomic E-state index is -0.0400. The Hall–Kier alpha value is -1.73. The summed E-state index contributed by atoms with van der Waals surface area (Å²) in [6.45, 7) is 2.01. The maximum absolute atomic E-state index is 12.3. The number of nitrogens with zero attached hydrogens (tertiary/aromatic N) is 3. The van der Waals surface area contributed by atoms with Crippen LogP contribution in [0.5, 0.6) is 0 Å². The molecule has 4 rings (SSSR count). The van der Waals surface area contributed by atoms with Crippen LogP contribution >= 0.6 is 22.7 Å². The fraction of sp³-hybridized carbons (Fsp3) is 0.438. The molecule has 1 unspecified atom stereocenters. The number of hydrogen-bond donors (Lipinski definition) is 1. The normalized spacial score (nSPS) is 15.5. The molecule has 1 aliphatic carbocycles. The van der Waals surface area contributed by atoms with E-state index in [0.717, 1.165) is 28.5 Å². The summed E-state index contributed by atoms with van der Waals surface area (Å²) in [4.78, 5) is 23.8. The summed E-state index contributed by atoms with van der Waals surface area (Å²) in [5.74, 6) is -0.00331. The van der Waals surface area contributed by atoms with Crippen molar-refractivity contribution in [2.24, 2.45) is 0 Å². The average molecular weight is 346 g/mol. The number of rotatable bonds is 4. The third-order valence-electron chi connectivity index (χ3n) is 4.09. The van der Waals surface area contributed by atoms with Gasteiger partial charge in [0.1, 0.15) is 5.01 Å². The maximum atomic E-state index is 12.3. The summed E-state index contributed by atoms with van der Waals surface area (Å²) in [6, 6.07) is -0.0400. The van der Waals surface area contributed by atoms with E-state index in [1.165, 1.54) is 23.4 Å². The molecule has 0 aromatic carbocycles. The Kier molecular flexibility index (Phi) is 3.90. The van der Waals surface area contributed by atoms with Crippen LogP contribution in [-0.2, 0) is 24.1 Å². The maximum Gasteiger partial charge on any atom is 0.226 e. The molecular weight excluding hydrogens is 328 g/mol. The fourth-order valence-electron chi connectivity index (χ4n) is 2.94. The predicted octanol–water partition coefficient (Wildman–Crippen LogP) is 3.15. The van der Waals surface area contributed by atoms with Gasteiger partial charge in [0.05, 0.1) is 23.9 Å². The number of carbonyl (C=O) groups excluding carboxylic acids is 1. The number of thiazole rings is 2. The van der Waals surface area contributed by atoms with Gasteiger partial charge in [-0.15, -0.1) is 22.7 Å². The van der Waals surface area contributed by atoms with Crippen LogP contribution in [-0.4, -0.2) is 20.3 Å². The van der Waals surface area contributed by atoms with E-state index < -0.39 is 0 Å². The van der Waals surface area contributed by atoms with Crippen molar-refractivity contribution in [1.82, 2.24) is 19.7 Å². The van der Waals surface area contributed by atoms with Crippen LogP contribution < -0.4 is 5.32 Å². The number of amides is 1. The standard InChI is InChI=1S/C16H18N4OS2/c1-10(15-19-12-4-2-3-5-13(12)23-15)17-14(21)8-11-9-20-6-7-22-16(20)18-11/h6-7,9-10H,2-5,8H2,1H3,(H,17,21). The first-order valence-corrected chi connectivity index (χ1v) is 9.57. The van der Waals surface area contributed by atoms with Crippen LogP contribution in [0.4, 0.5) is 0 Å². The summed E-state index contributed by atoms with van der Waals surface area (Å²) in [7, 11) is 0. The Morgan fingerprint density at radius 3 is 3.09 bits per heavy atom. The molecule has 3 heterocycles. The first kappa shape index (κ1) is 14.8. The fourth-order valence-corrected chi connectivity index (χ4v) is 4.81. The summed E-state index contributed by atoms with van der Waals surface area (Å²) >= 11 is 3.33. The summed E-state index contributed by atoms with van der Waals surface area (Å²) in [6.07, 6.45) is 8.89. The topological polar surface area (TPSA) is 59.3 Å². The number of fused-ring (bicyclic) bond motifs is 2. The first-order chi connectivity index (χ1) is 11.2.